The normalized spacial score (nSPS) is 15.5. The maximum atomic E-state index is 14.6. The van der Waals surface area contributed by atoms with Crippen LogP contribution in [0.15, 0.2) is 60.0 Å². The summed E-state index contributed by atoms with van der Waals surface area (Å²) in [4.78, 5) is 9.44. The number of halogens is 1. The van der Waals surface area contributed by atoms with Gasteiger partial charge in [-0.25, -0.2) is 14.4 Å². The zero-order valence-electron chi connectivity index (χ0n) is 16.4. The Bertz CT molecular complexity index is 1460. The van der Waals surface area contributed by atoms with Crippen molar-refractivity contribution >= 4 is 27.8 Å². The van der Waals surface area contributed by atoms with E-state index in [4.69, 9.17) is 25.9 Å². The molecule has 0 saturated carbocycles. The molecule has 1 aromatic heterocycles. The van der Waals surface area contributed by atoms with Gasteiger partial charge in [0.2, 0.25) is 5.88 Å². The molecule has 0 saturated heterocycles. The number of nitrogens with zero attached hydrogens (tertiary/aromatic N) is 3. The molecule has 0 amide bonds. The zero-order chi connectivity index (χ0) is 21.7. The maximum absolute atomic E-state index is 14.6. The summed E-state index contributed by atoms with van der Waals surface area (Å²) < 4.78 is 25.3. The Morgan fingerprint density at radius 2 is 1.81 bits per heavy atom. The number of aromatic nitrogens is 2. The van der Waals surface area contributed by atoms with Gasteiger partial charge < -0.3 is 20.9 Å². The Balaban J connectivity index is 1.88. The molecule has 2 heterocycles. The number of nitrogens with two attached hydrogens (primary N) is 2. The molecule has 4 N–H and O–H groups in total. The molecule has 3 aromatic carbocycles. The van der Waals surface area contributed by atoms with Crippen molar-refractivity contribution in [3.63, 3.8) is 0 Å². The van der Waals surface area contributed by atoms with E-state index in [9.17, 15) is 9.65 Å². The fourth-order valence-electron chi connectivity index (χ4n) is 3.94. The Morgan fingerprint density at radius 1 is 1.06 bits per heavy atom. The molecule has 1 atom stereocenters. The Morgan fingerprint density at radius 3 is 2.48 bits per heavy atom. The van der Waals surface area contributed by atoms with Crippen molar-refractivity contribution in [2.45, 2.75) is 5.92 Å². The standard InChI is InChI=1S/C23H16FN5O2/c1-30-18-7-6-11(8-13(18)24)19-12(10-25)23(27)31-22-14(26)9-17-21(20(19)22)29-16-5-3-2-4-15(16)28-17/h2-9,19H,26-27H2,1H3. The van der Waals surface area contributed by atoms with Crippen molar-refractivity contribution in [3.05, 3.63) is 76.9 Å². The number of fused-ring (bicyclic) bond motifs is 4. The number of rotatable bonds is 2. The van der Waals surface area contributed by atoms with Gasteiger partial charge in [-0.2, -0.15) is 5.26 Å². The number of methoxy groups -OCH3 is 1. The summed E-state index contributed by atoms with van der Waals surface area (Å²) in [7, 11) is 1.38. The largest absolute Gasteiger partial charge is 0.494 e. The highest BCUT2D eigenvalue weighted by Crippen LogP contribution is 2.48. The minimum absolute atomic E-state index is 0.0870. The third-order valence-corrected chi connectivity index (χ3v) is 5.34. The first-order valence-corrected chi connectivity index (χ1v) is 9.41. The number of hydrogen-bond acceptors (Lipinski definition) is 7. The van der Waals surface area contributed by atoms with E-state index < -0.39 is 11.7 Å². The predicted octanol–water partition coefficient (Wildman–Crippen LogP) is 3.73. The second kappa shape index (κ2) is 6.85. The van der Waals surface area contributed by atoms with Gasteiger partial charge in [-0.05, 0) is 35.9 Å². The third kappa shape index (κ3) is 2.79. The van der Waals surface area contributed by atoms with E-state index >= 15 is 0 Å². The lowest BCUT2D eigenvalue weighted by atomic mass is 9.82. The SMILES string of the molecule is COc1ccc(C2C(C#N)=C(N)Oc3c(N)cc4nc5ccccc5nc4c32)cc1F. The molecule has 5 rings (SSSR count). The first-order valence-electron chi connectivity index (χ1n) is 9.41. The molecule has 0 fully saturated rings. The molecule has 1 unspecified atom stereocenters. The number of nitrogen functional groups attached to an aromatic ring is 1. The van der Waals surface area contributed by atoms with Gasteiger partial charge in [-0.1, -0.05) is 18.2 Å². The monoisotopic (exact) mass is 413 g/mol. The van der Waals surface area contributed by atoms with Crippen LogP contribution in [0.25, 0.3) is 22.1 Å². The van der Waals surface area contributed by atoms with Gasteiger partial charge >= 0.3 is 0 Å². The van der Waals surface area contributed by atoms with Crippen molar-refractivity contribution < 1.29 is 13.9 Å². The van der Waals surface area contributed by atoms with Crippen molar-refractivity contribution in [2.24, 2.45) is 5.73 Å². The first kappa shape index (κ1) is 18.6. The summed E-state index contributed by atoms with van der Waals surface area (Å²) in [5.41, 5.74) is 16.2. The highest BCUT2D eigenvalue weighted by Gasteiger charge is 2.35. The quantitative estimate of drug-likeness (QED) is 0.379. The second-order valence-corrected chi connectivity index (χ2v) is 7.11. The number of anilines is 1. The molecular formula is C23H16FN5O2. The Hall–Kier alpha value is -4.38. The van der Waals surface area contributed by atoms with Gasteiger partial charge in [0.15, 0.2) is 17.3 Å². The minimum atomic E-state index is -0.740. The van der Waals surface area contributed by atoms with Gasteiger partial charge in [-0.15, -0.1) is 0 Å². The Labute approximate surface area is 176 Å². The van der Waals surface area contributed by atoms with Crippen molar-refractivity contribution in [1.29, 1.82) is 5.26 Å². The van der Waals surface area contributed by atoms with E-state index in [0.717, 1.165) is 0 Å². The lowest BCUT2D eigenvalue weighted by Gasteiger charge is -2.28. The summed E-state index contributed by atoms with van der Waals surface area (Å²) in [6.45, 7) is 0. The van der Waals surface area contributed by atoms with Crippen LogP contribution in [-0.4, -0.2) is 17.1 Å². The summed E-state index contributed by atoms with van der Waals surface area (Å²) in [6, 6.07) is 15.7. The first-order chi connectivity index (χ1) is 15.0. The van der Waals surface area contributed by atoms with Crippen molar-refractivity contribution in [1.82, 2.24) is 9.97 Å². The fourth-order valence-corrected chi connectivity index (χ4v) is 3.94. The van der Waals surface area contributed by atoms with Crippen LogP contribution in [0.2, 0.25) is 0 Å². The van der Waals surface area contributed by atoms with Crippen LogP contribution in [0, 0.1) is 17.1 Å². The maximum Gasteiger partial charge on any atom is 0.205 e. The number of para-hydroxylation sites is 2. The van der Waals surface area contributed by atoms with E-state index in [1.165, 1.54) is 19.2 Å². The van der Waals surface area contributed by atoms with Crippen LogP contribution < -0.4 is 20.9 Å². The van der Waals surface area contributed by atoms with E-state index in [1.807, 2.05) is 24.3 Å². The van der Waals surface area contributed by atoms with Crippen LogP contribution in [0.5, 0.6) is 11.5 Å². The van der Waals surface area contributed by atoms with Crippen LogP contribution in [0.4, 0.5) is 10.1 Å². The summed E-state index contributed by atoms with van der Waals surface area (Å²) in [5, 5.41) is 9.85. The average molecular weight is 413 g/mol. The molecule has 7 nitrogen and oxygen atoms in total. The van der Waals surface area contributed by atoms with Gasteiger partial charge in [0.1, 0.15) is 11.6 Å². The molecule has 1 aliphatic heterocycles. The van der Waals surface area contributed by atoms with Crippen LogP contribution in [-0.2, 0) is 0 Å². The molecule has 0 bridgehead atoms. The van der Waals surface area contributed by atoms with E-state index in [2.05, 4.69) is 11.1 Å². The van der Waals surface area contributed by atoms with Crippen LogP contribution in [0.1, 0.15) is 17.0 Å². The molecule has 8 heteroatoms. The van der Waals surface area contributed by atoms with Gasteiger partial charge in [0.05, 0.1) is 40.8 Å². The highest BCUT2D eigenvalue weighted by molar-refractivity contribution is 5.94. The minimum Gasteiger partial charge on any atom is -0.494 e. The molecular weight excluding hydrogens is 397 g/mol. The molecule has 0 aliphatic carbocycles. The lowest BCUT2D eigenvalue weighted by molar-refractivity contribution is 0.385. The van der Waals surface area contributed by atoms with Crippen LogP contribution in [0.3, 0.4) is 0 Å². The number of ether oxygens (including phenoxy) is 2. The van der Waals surface area contributed by atoms with Gasteiger partial charge in [0, 0.05) is 5.56 Å². The fraction of sp³-hybridized carbons (Fsp3) is 0.0870. The zero-order valence-corrected chi connectivity index (χ0v) is 16.4. The lowest BCUT2D eigenvalue weighted by Crippen LogP contribution is -2.22. The molecule has 1 aliphatic rings. The van der Waals surface area contributed by atoms with Crippen molar-refractivity contribution in [2.75, 3.05) is 12.8 Å². The molecule has 31 heavy (non-hydrogen) atoms. The summed E-state index contributed by atoms with van der Waals surface area (Å²) in [6.07, 6.45) is 0. The van der Waals surface area contributed by atoms with E-state index in [1.54, 1.807) is 12.1 Å². The number of hydrogen-bond donors (Lipinski definition) is 2. The molecule has 0 spiro atoms. The number of nitriles is 1. The molecule has 0 radical (unpaired) electrons. The van der Waals surface area contributed by atoms with Gasteiger partial charge in [0.25, 0.3) is 0 Å². The smallest absolute Gasteiger partial charge is 0.205 e. The van der Waals surface area contributed by atoms with Crippen LogP contribution >= 0.6 is 0 Å². The van der Waals surface area contributed by atoms with E-state index in [0.29, 0.717) is 38.9 Å². The second-order valence-electron chi connectivity index (χ2n) is 7.11. The summed E-state index contributed by atoms with van der Waals surface area (Å²) in [5.74, 6) is -1.01. The van der Waals surface area contributed by atoms with Crippen molar-refractivity contribution in [3.8, 4) is 17.6 Å². The van der Waals surface area contributed by atoms with E-state index in [-0.39, 0.29) is 23.0 Å². The topological polar surface area (TPSA) is 120 Å². The predicted molar refractivity (Wildman–Crippen MR) is 114 cm³/mol. The van der Waals surface area contributed by atoms with Gasteiger partial charge in [-0.3, -0.25) is 0 Å². The summed E-state index contributed by atoms with van der Waals surface area (Å²) >= 11 is 0. The number of allylic oxidation sites excluding steroid dienone is 1. The molecule has 152 valence electrons. The molecule has 4 aromatic rings. The highest BCUT2D eigenvalue weighted by atomic mass is 19.1. The average Bonchev–Trinajstić information content (AvgIpc) is 2.77. The third-order valence-electron chi connectivity index (χ3n) is 5.34. The Kier molecular flexibility index (Phi) is 4.12. The number of benzene rings is 3.